The molecule has 2 aromatic rings. The molecule has 0 saturated carbocycles. The quantitative estimate of drug-likeness (QED) is 0.485. The van der Waals surface area contributed by atoms with Gasteiger partial charge in [0.1, 0.15) is 0 Å². The first kappa shape index (κ1) is 21.1. The molecule has 0 unspecified atom stereocenters. The van der Waals surface area contributed by atoms with Crippen molar-refractivity contribution in [3.8, 4) is 0 Å². The number of carboxylic acid groups (broad SMARTS) is 1. The van der Waals surface area contributed by atoms with Gasteiger partial charge in [0, 0.05) is 15.8 Å². The summed E-state index contributed by atoms with van der Waals surface area (Å²) in [6.07, 6.45) is -0.830. The molecule has 136 valence electrons. The van der Waals surface area contributed by atoms with Gasteiger partial charge >= 0.3 is 29.6 Å². The molecule has 0 bridgehead atoms. The van der Waals surface area contributed by atoms with E-state index in [1.165, 1.54) is 28.0 Å². The van der Waals surface area contributed by atoms with Crippen LogP contribution in [0.25, 0.3) is 10.2 Å². The summed E-state index contributed by atoms with van der Waals surface area (Å²) >= 11 is 8.66. The van der Waals surface area contributed by atoms with Crippen LogP contribution in [-0.2, 0) is 9.59 Å². The Morgan fingerprint density at radius 1 is 1.48 bits per heavy atom. The maximum atomic E-state index is 12.3. The number of aliphatic carboxylic acids is 1. The average molecular weight is 433 g/mol. The molecule has 4 atom stereocenters. The van der Waals surface area contributed by atoms with Crippen LogP contribution >= 0.6 is 34.7 Å². The third-order valence-corrected chi connectivity index (χ3v) is 7.45. The fourth-order valence-electron chi connectivity index (χ4n) is 3.66. The van der Waals surface area contributed by atoms with Gasteiger partial charge in [-0.2, -0.15) is 0 Å². The van der Waals surface area contributed by atoms with Crippen LogP contribution < -0.4 is 34.7 Å². The minimum atomic E-state index is -1.39. The molecule has 6 nitrogen and oxygen atoms in total. The van der Waals surface area contributed by atoms with Crippen molar-refractivity contribution in [1.82, 2.24) is 9.88 Å². The molecule has 1 saturated heterocycles. The number of nitrogens with zero attached hydrogens (tertiary/aromatic N) is 2. The van der Waals surface area contributed by atoms with Gasteiger partial charge in [-0.1, -0.05) is 30.3 Å². The Hall–Kier alpha value is -0.610. The number of hydrogen-bond acceptors (Lipinski definition) is 7. The minimum Gasteiger partial charge on any atom is -0.543 e. The molecule has 27 heavy (non-hydrogen) atoms. The van der Waals surface area contributed by atoms with Gasteiger partial charge in [-0.05, 0) is 25.1 Å². The Balaban J connectivity index is 0.00000210. The molecule has 1 aromatic carbocycles. The monoisotopic (exact) mass is 432 g/mol. The van der Waals surface area contributed by atoms with Crippen LogP contribution in [0.4, 0.5) is 0 Å². The number of β-lactam (4-membered cyclic amide) rings is 1. The second-order valence-corrected chi connectivity index (χ2v) is 9.20. The molecular weight excluding hydrogens is 419 g/mol. The van der Waals surface area contributed by atoms with Crippen LogP contribution in [-0.4, -0.2) is 39.0 Å². The Kier molecular flexibility index (Phi) is 5.99. The summed E-state index contributed by atoms with van der Waals surface area (Å²) in [4.78, 5) is 30.3. The summed E-state index contributed by atoms with van der Waals surface area (Å²) in [5.41, 5.74) is 0.638. The second-order valence-electron chi connectivity index (χ2n) is 6.45. The minimum absolute atomic E-state index is 0. The summed E-state index contributed by atoms with van der Waals surface area (Å²) in [6.45, 7) is 3.41. The van der Waals surface area contributed by atoms with Crippen molar-refractivity contribution in [3.05, 3.63) is 33.8 Å². The van der Waals surface area contributed by atoms with Gasteiger partial charge in [0.25, 0.3) is 0 Å². The van der Waals surface area contributed by atoms with Gasteiger partial charge in [0.2, 0.25) is 5.91 Å². The van der Waals surface area contributed by atoms with Crippen molar-refractivity contribution in [2.45, 2.75) is 30.3 Å². The molecule has 1 aromatic heterocycles. The molecule has 0 radical (unpaired) electrons. The van der Waals surface area contributed by atoms with E-state index in [4.69, 9.17) is 11.6 Å². The van der Waals surface area contributed by atoms with E-state index in [0.29, 0.717) is 14.3 Å². The summed E-state index contributed by atoms with van der Waals surface area (Å²) in [7, 11) is 0. The molecular formula is C17H14ClN2NaO4S2. The van der Waals surface area contributed by atoms with Crippen LogP contribution in [0.2, 0.25) is 5.02 Å². The van der Waals surface area contributed by atoms with E-state index in [1.807, 2.05) is 13.0 Å². The molecule has 0 aliphatic carbocycles. The van der Waals surface area contributed by atoms with Gasteiger partial charge in [-0.15, -0.1) is 11.3 Å². The Bertz CT molecular complexity index is 977. The first-order chi connectivity index (χ1) is 12.3. The van der Waals surface area contributed by atoms with E-state index < -0.39 is 18.0 Å². The number of fused-ring (bicyclic) bond motifs is 2. The fourth-order valence-corrected chi connectivity index (χ4v) is 6.15. The molecule has 10 heteroatoms. The number of carboxylic acids is 1. The Morgan fingerprint density at radius 2 is 2.19 bits per heavy atom. The molecule has 4 rings (SSSR count). The van der Waals surface area contributed by atoms with E-state index in [0.717, 1.165) is 10.2 Å². The third-order valence-electron chi connectivity index (χ3n) is 4.83. The summed E-state index contributed by atoms with van der Waals surface area (Å²) in [5, 5.41) is 22.2. The van der Waals surface area contributed by atoms with Crippen molar-refractivity contribution in [2.24, 2.45) is 11.8 Å². The largest absolute Gasteiger partial charge is 1.00 e. The predicted molar refractivity (Wildman–Crippen MR) is 97.5 cm³/mol. The number of halogens is 1. The molecule has 2 aliphatic rings. The van der Waals surface area contributed by atoms with E-state index in [-0.39, 0.29) is 53.1 Å². The van der Waals surface area contributed by atoms with Gasteiger partial charge in [0.15, 0.2) is 4.34 Å². The molecule has 3 heterocycles. The summed E-state index contributed by atoms with van der Waals surface area (Å²) in [5.74, 6) is -2.57. The van der Waals surface area contributed by atoms with Gasteiger partial charge in [-0.25, -0.2) is 4.98 Å². The summed E-state index contributed by atoms with van der Waals surface area (Å²) < 4.78 is 1.62. The number of amides is 1. The van der Waals surface area contributed by atoms with Crippen LogP contribution in [0.1, 0.15) is 13.8 Å². The number of thioether (sulfide) groups is 1. The van der Waals surface area contributed by atoms with Crippen LogP contribution in [0.5, 0.6) is 0 Å². The SMILES string of the molecule is C[C@@H](O)[C@H]1C(=O)N2C(C(=O)[O-])=C(Sc3nc4cc(Cl)ccc4s3)[C@H](C)[C@H]12.[Na+]. The zero-order valence-electron chi connectivity index (χ0n) is 14.8. The summed E-state index contributed by atoms with van der Waals surface area (Å²) in [6, 6.07) is 5.04. The van der Waals surface area contributed by atoms with E-state index in [2.05, 4.69) is 4.98 Å². The first-order valence-electron chi connectivity index (χ1n) is 8.00. The average Bonchev–Trinajstić information content (AvgIpc) is 3.05. The van der Waals surface area contributed by atoms with E-state index in [1.54, 1.807) is 19.1 Å². The number of benzene rings is 1. The number of rotatable bonds is 4. The number of thiazole rings is 1. The smallest absolute Gasteiger partial charge is 0.543 e. The van der Waals surface area contributed by atoms with Crippen molar-refractivity contribution in [1.29, 1.82) is 0 Å². The first-order valence-corrected chi connectivity index (χ1v) is 10.0. The number of carbonyl (C=O) groups is 2. The standard InChI is InChI=1S/C17H15ClN2O4S2.Na/c1-6-12-11(7(2)21)15(22)20(12)13(16(23)24)14(6)26-17-19-9-5-8(18)3-4-10(9)25-17;/h3-7,11-12,21H,1-2H3,(H,23,24);/q;+1/p-1/t6-,7-,11-,12-;/m1./s1. The zero-order chi connectivity index (χ0) is 18.7. The van der Waals surface area contributed by atoms with Crippen molar-refractivity contribution in [3.63, 3.8) is 0 Å². The number of aliphatic hydroxyl groups is 1. The molecule has 1 N–H and O–H groups in total. The second kappa shape index (κ2) is 7.67. The number of aliphatic hydroxyl groups excluding tert-OH is 1. The number of aromatic nitrogens is 1. The van der Waals surface area contributed by atoms with Crippen LogP contribution in [0.15, 0.2) is 33.1 Å². The molecule has 1 amide bonds. The topological polar surface area (TPSA) is 93.6 Å². The van der Waals surface area contributed by atoms with Gasteiger partial charge in [-0.3, -0.25) is 4.79 Å². The maximum absolute atomic E-state index is 12.3. The Morgan fingerprint density at radius 3 is 2.81 bits per heavy atom. The Labute approximate surface area is 190 Å². The van der Waals surface area contributed by atoms with Crippen LogP contribution in [0.3, 0.4) is 0 Å². The molecule has 1 fully saturated rings. The number of carbonyl (C=O) groups excluding carboxylic acids is 2. The fraction of sp³-hybridized carbons (Fsp3) is 0.353. The van der Waals surface area contributed by atoms with Crippen LogP contribution in [0, 0.1) is 11.8 Å². The van der Waals surface area contributed by atoms with Gasteiger partial charge in [0.05, 0.1) is 39.9 Å². The van der Waals surface area contributed by atoms with Crippen molar-refractivity contribution < 1.29 is 49.4 Å². The van der Waals surface area contributed by atoms with E-state index in [9.17, 15) is 19.8 Å². The predicted octanol–water partition coefficient (Wildman–Crippen LogP) is -1.14. The maximum Gasteiger partial charge on any atom is 1.00 e. The van der Waals surface area contributed by atoms with Crippen molar-refractivity contribution >= 4 is 56.8 Å². The van der Waals surface area contributed by atoms with Gasteiger partial charge < -0.3 is 19.9 Å². The zero-order valence-corrected chi connectivity index (χ0v) is 19.2. The number of hydrogen-bond donors (Lipinski definition) is 1. The molecule has 2 aliphatic heterocycles. The van der Waals surface area contributed by atoms with E-state index >= 15 is 0 Å². The third kappa shape index (κ3) is 3.35. The normalized spacial score (nSPS) is 25.3. The molecule has 0 spiro atoms. The van der Waals surface area contributed by atoms with Crippen molar-refractivity contribution in [2.75, 3.05) is 0 Å².